The molecule has 3 N–H and O–H groups in total. The maximum absolute atomic E-state index is 12.7. The smallest absolute Gasteiger partial charge is 0.369 e. The quantitative estimate of drug-likeness (QED) is 0.827. The number of thiazole rings is 1. The van der Waals surface area contributed by atoms with Crippen molar-refractivity contribution in [3.05, 3.63) is 35.0 Å². The van der Waals surface area contributed by atoms with E-state index >= 15 is 0 Å². The van der Waals surface area contributed by atoms with Crippen molar-refractivity contribution in [2.45, 2.75) is 25.6 Å². The predicted octanol–water partition coefficient (Wildman–Crippen LogP) is 2.87. The second kappa shape index (κ2) is 7.48. The van der Waals surface area contributed by atoms with Gasteiger partial charge in [-0.3, -0.25) is 4.79 Å². The van der Waals surface area contributed by atoms with Gasteiger partial charge in [0.2, 0.25) is 5.91 Å². The van der Waals surface area contributed by atoms with Crippen LogP contribution < -0.4 is 16.0 Å². The SMILES string of the molecule is NC(=O)C1CCN(c2ncccc2CNc2ncc(C(F)(F)F)s2)CC1. The van der Waals surface area contributed by atoms with Crippen LogP contribution in [0.2, 0.25) is 0 Å². The van der Waals surface area contributed by atoms with E-state index in [-0.39, 0.29) is 17.0 Å². The van der Waals surface area contributed by atoms with Crippen molar-refractivity contribution < 1.29 is 18.0 Å². The highest BCUT2D eigenvalue weighted by Crippen LogP contribution is 2.35. The molecule has 1 aliphatic rings. The Morgan fingerprint density at radius 3 is 2.69 bits per heavy atom. The van der Waals surface area contributed by atoms with Crippen LogP contribution >= 0.6 is 11.3 Å². The van der Waals surface area contributed by atoms with E-state index in [4.69, 9.17) is 5.73 Å². The molecule has 140 valence electrons. The van der Waals surface area contributed by atoms with Crippen LogP contribution in [0.25, 0.3) is 0 Å². The van der Waals surface area contributed by atoms with E-state index < -0.39 is 11.1 Å². The van der Waals surface area contributed by atoms with Crippen LogP contribution in [0.4, 0.5) is 24.1 Å². The molecular formula is C16H18F3N5OS. The van der Waals surface area contributed by atoms with E-state index in [0.717, 1.165) is 17.6 Å². The number of halogens is 3. The number of nitrogens with two attached hydrogens (primary N) is 1. The van der Waals surface area contributed by atoms with Gasteiger partial charge in [-0.1, -0.05) is 17.4 Å². The highest BCUT2D eigenvalue weighted by molar-refractivity contribution is 7.15. The molecule has 0 unspecified atom stereocenters. The first kappa shape index (κ1) is 18.4. The van der Waals surface area contributed by atoms with Gasteiger partial charge in [0.25, 0.3) is 0 Å². The standard InChI is InChI=1S/C16H18F3N5OS/c17-16(18,19)12-9-23-15(26-12)22-8-11-2-1-5-21-14(11)24-6-3-10(4-7-24)13(20)25/h1-2,5,9-10H,3-4,6-8H2,(H2,20,25)(H,22,23). The predicted molar refractivity (Wildman–Crippen MR) is 92.8 cm³/mol. The minimum absolute atomic E-state index is 0.118. The van der Waals surface area contributed by atoms with Crippen LogP contribution in [0.1, 0.15) is 23.3 Å². The summed E-state index contributed by atoms with van der Waals surface area (Å²) in [7, 11) is 0. The molecule has 0 bridgehead atoms. The van der Waals surface area contributed by atoms with E-state index in [0.29, 0.717) is 43.8 Å². The van der Waals surface area contributed by atoms with Crippen molar-refractivity contribution in [3.8, 4) is 0 Å². The zero-order valence-electron chi connectivity index (χ0n) is 13.8. The molecule has 0 aromatic carbocycles. The third-order valence-corrected chi connectivity index (χ3v) is 5.28. The van der Waals surface area contributed by atoms with Crippen molar-refractivity contribution in [2.75, 3.05) is 23.3 Å². The Balaban J connectivity index is 1.66. The molecule has 1 saturated heterocycles. The number of hydrogen-bond donors (Lipinski definition) is 2. The highest BCUT2D eigenvalue weighted by Gasteiger charge is 2.33. The Hall–Kier alpha value is -2.36. The Bertz CT molecular complexity index is 771. The summed E-state index contributed by atoms with van der Waals surface area (Å²) in [4.78, 5) is 20.8. The largest absolute Gasteiger partial charge is 0.427 e. The first-order valence-corrected chi connectivity index (χ1v) is 8.91. The van der Waals surface area contributed by atoms with Crippen LogP contribution in [-0.4, -0.2) is 29.0 Å². The molecule has 1 fully saturated rings. The minimum atomic E-state index is -4.39. The maximum Gasteiger partial charge on any atom is 0.427 e. The van der Waals surface area contributed by atoms with Gasteiger partial charge in [0.15, 0.2) is 5.13 Å². The number of rotatable bonds is 5. The molecule has 1 aliphatic heterocycles. The van der Waals surface area contributed by atoms with Crippen molar-refractivity contribution in [2.24, 2.45) is 11.7 Å². The second-order valence-electron chi connectivity index (χ2n) is 6.03. The van der Waals surface area contributed by atoms with Crippen LogP contribution in [0.5, 0.6) is 0 Å². The summed E-state index contributed by atoms with van der Waals surface area (Å²) >= 11 is 0.571. The van der Waals surface area contributed by atoms with Gasteiger partial charge < -0.3 is 16.0 Å². The third-order valence-electron chi connectivity index (χ3n) is 4.28. The zero-order valence-corrected chi connectivity index (χ0v) is 14.6. The molecule has 2 aromatic heterocycles. The van der Waals surface area contributed by atoms with Crippen molar-refractivity contribution in [3.63, 3.8) is 0 Å². The molecular weight excluding hydrogens is 367 g/mol. The fourth-order valence-electron chi connectivity index (χ4n) is 2.89. The van der Waals surface area contributed by atoms with Gasteiger partial charge in [-0.05, 0) is 18.9 Å². The fourth-order valence-corrected chi connectivity index (χ4v) is 3.57. The number of carbonyl (C=O) groups excluding carboxylic acids is 1. The van der Waals surface area contributed by atoms with E-state index in [1.54, 1.807) is 12.3 Å². The molecule has 0 saturated carbocycles. The molecule has 3 rings (SSSR count). The first-order chi connectivity index (χ1) is 12.3. The minimum Gasteiger partial charge on any atom is -0.369 e. The molecule has 0 atom stereocenters. The van der Waals surface area contributed by atoms with Crippen molar-refractivity contribution in [1.82, 2.24) is 9.97 Å². The number of alkyl halides is 3. The summed E-state index contributed by atoms with van der Waals surface area (Å²) in [5.41, 5.74) is 6.21. The van der Waals surface area contributed by atoms with Gasteiger partial charge in [0.1, 0.15) is 10.7 Å². The lowest BCUT2D eigenvalue weighted by Gasteiger charge is -2.32. The molecule has 1 amide bonds. The van der Waals surface area contributed by atoms with E-state index in [1.807, 2.05) is 6.07 Å². The summed E-state index contributed by atoms with van der Waals surface area (Å²) in [5, 5.41) is 3.13. The van der Waals surface area contributed by atoms with Gasteiger partial charge in [-0.2, -0.15) is 13.2 Å². The number of piperidine rings is 1. The molecule has 0 radical (unpaired) electrons. The molecule has 3 heterocycles. The Morgan fingerprint density at radius 2 is 2.08 bits per heavy atom. The highest BCUT2D eigenvalue weighted by atomic mass is 32.1. The van der Waals surface area contributed by atoms with Gasteiger partial charge in [0.05, 0.1) is 6.20 Å². The lowest BCUT2D eigenvalue weighted by atomic mass is 9.96. The molecule has 6 nitrogen and oxygen atoms in total. The van der Waals surface area contributed by atoms with Crippen LogP contribution in [0.3, 0.4) is 0 Å². The van der Waals surface area contributed by atoms with E-state index in [1.165, 1.54) is 0 Å². The number of nitrogens with zero attached hydrogens (tertiary/aromatic N) is 3. The lowest BCUT2D eigenvalue weighted by molar-refractivity contribution is -0.134. The number of carbonyl (C=O) groups is 1. The Labute approximate surface area is 152 Å². The van der Waals surface area contributed by atoms with Gasteiger partial charge in [-0.15, -0.1) is 0 Å². The van der Waals surface area contributed by atoms with Crippen LogP contribution in [0.15, 0.2) is 24.5 Å². The van der Waals surface area contributed by atoms with Crippen molar-refractivity contribution in [1.29, 1.82) is 0 Å². The Morgan fingerprint density at radius 1 is 1.35 bits per heavy atom. The molecule has 2 aromatic rings. The summed E-state index contributed by atoms with van der Waals surface area (Å²) < 4.78 is 38.0. The molecule has 0 aliphatic carbocycles. The Kier molecular flexibility index (Phi) is 5.30. The zero-order chi connectivity index (χ0) is 18.7. The lowest BCUT2D eigenvalue weighted by Crippen LogP contribution is -2.39. The molecule has 26 heavy (non-hydrogen) atoms. The van der Waals surface area contributed by atoms with E-state index in [2.05, 4.69) is 20.2 Å². The summed E-state index contributed by atoms with van der Waals surface area (Å²) in [6.07, 6.45) is -0.557. The second-order valence-corrected chi connectivity index (χ2v) is 7.06. The topological polar surface area (TPSA) is 84.1 Å². The van der Waals surface area contributed by atoms with Gasteiger partial charge in [0, 0.05) is 37.3 Å². The van der Waals surface area contributed by atoms with Gasteiger partial charge in [-0.25, -0.2) is 9.97 Å². The molecule has 0 spiro atoms. The number of aromatic nitrogens is 2. The third kappa shape index (κ3) is 4.24. The van der Waals surface area contributed by atoms with Gasteiger partial charge >= 0.3 is 6.18 Å². The summed E-state index contributed by atoms with van der Waals surface area (Å²) in [6, 6.07) is 3.65. The number of hydrogen-bond acceptors (Lipinski definition) is 6. The van der Waals surface area contributed by atoms with Crippen LogP contribution in [-0.2, 0) is 17.5 Å². The molecule has 10 heteroatoms. The normalized spacial score (nSPS) is 15.9. The first-order valence-electron chi connectivity index (χ1n) is 8.09. The maximum atomic E-state index is 12.7. The summed E-state index contributed by atoms with van der Waals surface area (Å²) in [5.74, 6) is 0.361. The number of primary amides is 1. The number of anilines is 2. The number of pyridine rings is 1. The fraction of sp³-hybridized carbons (Fsp3) is 0.438. The monoisotopic (exact) mass is 385 g/mol. The van der Waals surface area contributed by atoms with E-state index in [9.17, 15) is 18.0 Å². The average Bonchev–Trinajstić information content (AvgIpc) is 3.10. The number of nitrogens with one attached hydrogen (secondary N) is 1. The van der Waals surface area contributed by atoms with Crippen LogP contribution in [0, 0.1) is 5.92 Å². The number of amides is 1. The summed E-state index contributed by atoms with van der Waals surface area (Å²) in [6.45, 7) is 1.63. The average molecular weight is 385 g/mol. The van der Waals surface area contributed by atoms with Crippen molar-refractivity contribution >= 4 is 28.2 Å².